The summed E-state index contributed by atoms with van der Waals surface area (Å²) in [5.41, 5.74) is 0. The minimum atomic E-state index is -0.433. The number of carbonyl (C=O) groups excluding carboxylic acids is 1. The minimum absolute atomic E-state index is 0.151. The summed E-state index contributed by atoms with van der Waals surface area (Å²) in [6.45, 7) is 2.24. The van der Waals surface area contributed by atoms with E-state index in [9.17, 15) is 4.79 Å². The zero-order chi connectivity index (χ0) is 10.8. The first-order valence-corrected chi connectivity index (χ1v) is 5.89. The Bertz CT molecular complexity index is 180. The van der Waals surface area contributed by atoms with Crippen molar-refractivity contribution >= 4 is 21.9 Å². The predicted molar refractivity (Wildman–Crippen MR) is 59.4 cm³/mol. The second-order valence-corrected chi connectivity index (χ2v) is 3.49. The van der Waals surface area contributed by atoms with E-state index in [1.165, 1.54) is 0 Å². The monoisotopic (exact) mass is 264 g/mol. The Kier molecular flexibility index (Phi) is 8.98. The highest BCUT2D eigenvalue weighted by molar-refractivity contribution is 9.09. The summed E-state index contributed by atoms with van der Waals surface area (Å²) in [5.74, 6) is -0.151. The molecule has 0 aromatic rings. The van der Waals surface area contributed by atoms with Gasteiger partial charge in [0.15, 0.2) is 0 Å². The molecule has 0 bridgehead atoms. The van der Waals surface area contributed by atoms with Crippen LogP contribution < -0.4 is 0 Å². The van der Waals surface area contributed by atoms with Crippen molar-refractivity contribution in [2.45, 2.75) is 32.3 Å². The van der Waals surface area contributed by atoms with E-state index in [4.69, 9.17) is 9.84 Å². The Hall–Kier alpha value is -0.350. The van der Waals surface area contributed by atoms with Gasteiger partial charge in [-0.05, 0) is 19.8 Å². The lowest BCUT2D eigenvalue weighted by molar-refractivity contribution is -0.143. The van der Waals surface area contributed by atoms with Crippen molar-refractivity contribution in [2.75, 3.05) is 11.9 Å². The Labute approximate surface area is 93.3 Å². The number of alkyl halides is 1. The summed E-state index contributed by atoms with van der Waals surface area (Å²) in [4.78, 5) is 10.9. The molecule has 0 aromatic carbocycles. The van der Waals surface area contributed by atoms with Gasteiger partial charge in [-0.3, -0.25) is 4.79 Å². The van der Waals surface area contributed by atoms with Crippen molar-refractivity contribution < 1.29 is 14.6 Å². The molecule has 82 valence electrons. The van der Waals surface area contributed by atoms with Crippen LogP contribution in [0.15, 0.2) is 12.2 Å². The Balaban J connectivity index is 3.37. The summed E-state index contributed by atoms with van der Waals surface area (Å²) in [7, 11) is 0. The first-order chi connectivity index (χ1) is 6.70. The van der Waals surface area contributed by atoms with E-state index in [1.807, 2.05) is 6.08 Å². The molecule has 0 aliphatic carbocycles. The third kappa shape index (κ3) is 8.26. The molecule has 0 saturated heterocycles. The predicted octanol–water partition coefficient (Wildman–Crippen LogP) is 2.03. The van der Waals surface area contributed by atoms with E-state index in [-0.39, 0.29) is 5.97 Å². The van der Waals surface area contributed by atoms with Gasteiger partial charge in [0.1, 0.15) is 0 Å². The van der Waals surface area contributed by atoms with Crippen LogP contribution in [0.4, 0.5) is 0 Å². The Morgan fingerprint density at radius 2 is 2.36 bits per heavy atom. The van der Waals surface area contributed by atoms with Crippen LogP contribution in [0.5, 0.6) is 0 Å². The zero-order valence-electron chi connectivity index (χ0n) is 8.41. The van der Waals surface area contributed by atoms with Crippen molar-refractivity contribution in [1.29, 1.82) is 0 Å². The van der Waals surface area contributed by atoms with Crippen LogP contribution in [0.2, 0.25) is 0 Å². The number of rotatable bonds is 7. The highest BCUT2D eigenvalue weighted by Gasteiger charge is 1.99. The summed E-state index contributed by atoms with van der Waals surface area (Å²) in [6, 6.07) is 0. The van der Waals surface area contributed by atoms with E-state index in [0.717, 1.165) is 12.8 Å². The SMILES string of the molecule is CCOC(=O)CCC/C=C\C(O)CBr. The molecule has 0 saturated carbocycles. The summed E-state index contributed by atoms with van der Waals surface area (Å²) < 4.78 is 4.77. The molecule has 0 amide bonds. The standard InChI is InChI=1S/C10H17BrO3/c1-2-14-10(13)7-5-3-4-6-9(12)8-11/h4,6,9,12H,2-3,5,7-8H2,1H3/b6-4-. The molecule has 0 fully saturated rings. The molecule has 0 aromatic heterocycles. The molecule has 1 atom stereocenters. The van der Waals surface area contributed by atoms with Crippen LogP contribution >= 0.6 is 15.9 Å². The minimum Gasteiger partial charge on any atom is -0.466 e. The van der Waals surface area contributed by atoms with Crippen LogP contribution in [0.25, 0.3) is 0 Å². The quantitative estimate of drug-likeness (QED) is 0.331. The zero-order valence-corrected chi connectivity index (χ0v) is 10.00. The van der Waals surface area contributed by atoms with Crippen LogP contribution in [-0.2, 0) is 9.53 Å². The van der Waals surface area contributed by atoms with Gasteiger partial charge in [0.2, 0.25) is 0 Å². The molecule has 0 aliphatic heterocycles. The van der Waals surface area contributed by atoms with Gasteiger partial charge >= 0.3 is 5.97 Å². The number of esters is 1. The Morgan fingerprint density at radius 3 is 2.93 bits per heavy atom. The van der Waals surface area contributed by atoms with Gasteiger partial charge in [0.25, 0.3) is 0 Å². The second-order valence-electron chi connectivity index (χ2n) is 2.85. The van der Waals surface area contributed by atoms with Crippen molar-refractivity contribution in [1.82, 2.24) is 0 Å². The molecule has 0 rings (SSSR count). The lowest BCUT2D eigenvalue weighted by atomic mass is 10.2. The average Bonchev–Trinajstić information content (AvgIpc) is 2.17. The highest BCUT2D eigenvalue weighted by atomic mass is 79.9. The van der Waals surface area contributed by atoms with Gasteiger partial charge in [-0.1, -0.05) is 28.1 Å². The fourth-order valence-electron chi connectivity index (χ4n) is 0.902. The number of hydrogen-bond donors (Lipinski definition) is 1. The largest absolute Gasteiger partial charge is 0.466 e. The van der Waals surface area contributed by atoms with E-state index < -0.39 is 6.10 Å². The topological polar surface area (TPSA) is 46.5 Å². The lowest BCUT2D eigenvalue weighted by Crippen LogP contribution is -2.03. The van der Waals surface area contributed by atoms with E-state index in [0.29, 0.717) is 18.4 Å². The second kappa shape index (κ2) is 9.21. The highest BCUT2D eigenvalue weighted by Crippen LogP contribution is 2.00. The van der Waals surface area contributed by atoms with Crippen molar-refractivity contribution in [3.8, 4) is 0 Å². The van der Waals surface area contributed by atoms with Crippen LogP contribution in [0, 0.1) is 0 Å². The average molecular weight is 265 g/mol. The fourth-order valence-corrected chi connectivity index (χ4v) is 1.12. The number of carbonyl (C=O) groups is 1. The number of halogens is 1. The first kappa shape index (κ1) is 13.7. The maximum Gasteiger partial charge on any atom is 0.305 e. The molecule has 4 heteroatoms. The number of aliphatic hydroxyl groups excluding tert-OH is 1. The molecular formula is C10H17BrO3. The molecule has 1 unspecified atom stereocenters. The first-order valence-electron chi connectivity index (χ1n) is 4.77. The number of ether oxygens (including phenoxy) is 1. The molecular weight excluding hydrogens is 248 g/mol. The van der Waals surface area contributed by atoms with Crippen LogP contribution in [-0.4, -0.2) is 29.1 Å². The van der Waals surface area contributed by atoms with Gasteiger partial charge in [-0.25, -0.2) is 0 Å². The van der Waals surface area contributed by atoms with Gasteiger partial charge in [0, 0.05) is 11.8 Å². The molecule has 1 N–H and O–H groups in total. The molecule has 0 radical (unpaired) electrons. The van der Waals surface area contributed by atoms with Crippen molar-refractivity contribution in [2.24, 2.45) is 0 Å². The van der Waals surface area contributed by atoms with Crippen LogP contribution in [0.1, 0.15) is 26.2 Å². The van der Waals surface area contributed by atoms with Crippen molar-refractivity contribution in [3.05, 3.63) is 12.2 Å². The number of aliphatic hydroxyl groups is 1. The maximum absolute atomic E-state index is 10.9. The third-order valence-electron chi connectivity index (χ3n) is 1.57. The summed E-state index contributed by atoms with van der Waals surface area (Å²) >= 11 is 3.15. The maximum atomic E-state index is 10.9. The number of allylic oxidation sites excluding steroid dienone is 1. The van der Waals surface area contributed by atoms with E-state index in [2.05, 4.69) is 15.9 Å². The molecule has 0 heterocycles. The molecule has 14 heavy (non-hydrogen) atoms. The smallest absolute Gasteiger partial charge is 0.305 e. The normalized spacial score (nSPS) is 13.1. The Morgan fingerprint density at radius 1 is 1.64 bits per heavy atom. The molecule has 0 aliphatic rings. The van der Waals surface area contributed by atoms with Gasteiger partial charge < -0.3 is 9.84 Å². The fraction of sp³-hybridized carbons (Fsp3) is 0.700. The lowest BCUT2D eigenvalue weighted by Gasteiger charge is -2.00. The van der Waals surface area contributed by atoms with Crippen LogP contribution in [0.3, 0.4) is 0 Å². The van der Waals surface area contributed by atoms with Crippen molar-refractivity contribution in [3.63, 3.8) is 0 Å². The summed E-state index contributed by atoms with van der Waals surface area (Å²) in [5, 5.41) is 9.67. The van der Waals surface area contributed by atoms with Gasteiger partial charge in [-0.2, -0.15) is 0 Å². The molecule has 0 spiro atoms. The van der Waals surface area contributed by atoms with E-state index >= 15 is 0 Å². The van der Waals surface area contributed by atoms with Gasteiger partial charge in [0.05, 0.1) is 12.7 Å². The molecule has 3 nitrogen and oxygen atoms in total. The summed E-state index contributed by atoms with van der Waals surface area (Å²) in [6.07, 6.45) is 5.18. The number of hydrogen-bond acceptors (Lipinski definition) is 3. The van der Waals surface area contributed by atoms with Gasteiger partial charge in [-0.15, -0.1) is 0 Å². The third-order valence-corrected chi connectivity index (χ3v) is 2.24. The van der Waals surface area contributed by atoms with E-state index in [1.54, 1.807) is 13.0 Å². The number of unbranched alkanes of at least 4 members (excludes halogenated alkanes) is 1.